The molecule has 0 aliphatic carbocycles. The maximum absolute atomic E-state index is 11.2. The summed E-state index contributed by atoms with van der Waals surface area (Å²) in [6, 6.07) is 0. The Labute approximate surface area is 89.8 Å². The van der Waals surface area contributed by atoms with Gasteiger partial charge in [-0.2, -0.15) is 0 Å². The Hall–Kier alpha value is -1.00. The van der Waals surface area contributed by atoms with Crippen LogP contribution in [0.4, 0.5) is 0 Å². The lowest BCUT2D eigenvalue weighted by atomic mass is 10.3. The van der Waals surface area contributed by atoms with E-state index in [2.05, 4.69) is 11.6 Å². The van der Waals surface area contributed by atoms with Crippen molar-refractivity contribution < 1.29 is 0 Å². The minimum Gasteiger partial charge on any atom is -0.295 e. The third kappa shape index (κ3) is 2.49. The van der Waals surface area contributed by atoms with Crippen LogP contribution in [-0.2, 0) is 6.54 Å². The summed E-state index contributed by atoms with van der Waals surface area (Å²) < 4.78 is 1.24. The number of halogens is 2. The lowest BCUT2D eigenvalue weighted by Crippen LogP contribution is -2.30. The first-order valence-corrected chi connectivity index (χ1v) is 4.67. The molecule has 0 atom stereocenters. The highest BCUT2D eigenvalue weighted by molar-refractivity contribution is 6.30. The molecule has 0 aliphatic heterocycles. The standard InChI is InChI=1S/C8H8Cl2N2O2/c1-5(2-9)3-12-4-6(10)7(13)11-8(12)14/h4H,1-3H2,(H,11,13,14). The molecule has 14 heavy (non-hydrogen) atoms. The maximum Gasteiger partial charge on any atom is 0.328 e. The summed E-state index contributed by atoms with van der Waals surface area (Å²) in [6.07, 6.45) is 1.26. The van der Waals surface area contributed by atoms with Crippen molar-refractivity contribution in [1.29, 1.82) is 0 Å². The molecule has 6 heteroatoms. The highest BCUT2D eigenvalue weighted by Gasteiger charge is 2.02. The Balaban J connectivity index is 3.11. The number of nitrogens with one attached hydrogen (secondary N) is 1. The number of aromatic amines is 1. The highest BCUT2D eigenvalue weighted by atomic mass is 35.5. The van der Waals surface area contributed by atoms with Gasteiger partial charge in [0.15, 0.2) is 0 Å². The lowest BCUT2D eigenvalue weighted by Gasteiger charge is -2.04. The molecular formula is C8H8Cl2N2O2. The van der Waals surface area contributed by atoms with Gasteiger partial charge in [-0.3, -0.25) is 14.3 Å². The Morgan fingerprint density at radius 1 is 1.57 bits per heavy atom. The van der Waals surface area contributed by atoms with Gasteiger partial charge >= 0.3 is 5.69 Å². The largest absolute Gasteiger partial charge is 0.328 e. The van der Waals surface area contributed by atoms with Crippen molar-refractivity contribution in [3.63, 3.8) is 0 Å². The maximum atomic E-state index is 11.2. The second kappa shape index (κ2) is 4.48. The van der Waals surface area contributed by atoms with Crippen LogP contribution >= 0.6 is 23.2 Å². The van der Waals surface area contributed by atoms with E-state index in [0.717, 1.165) is 0 Å². The molecule has 0 aromatic carbocycles. The molecule has 0 radical (unpaired) electrons. The van der Waals surface area contributed by atoms with Crippen molar-refractivity contribution in [2.45, 2.75) is 6.54 Å². The Bertz CT molecular complexity index is 461. The van der Waals surface area contributed by atoms with Crippen molar-refractivity contribution in [3.8, 4) is 0 Å². The van der Waals surface area contributed by atoms with Crippen LogP contribution in [0.25, 0.3) is 0 Å². The first-order valence-electron chi connectivity index (χ1n) is 3.76. The minimum atomic E-state index is -0.593. The predicted molar refractivity (Wildman–Crippen MR) is 56.2 cm³/mol. The van der Waals surface area contributed by atoms with Crippen LogP contribution < -0.4 is 11.2 Å². The smallest absolute Gasteiger partial charge is 0.295 e. The summed E-state index contributed by atoms with van der Waals surface area (Å²) in [7, 11) is 0. The van der Waals surface area contributed by atoms with Gasteiger partial charge in [0.1, 0.15) is 5.02 Å². The van der Waals surface area contributed by atoms with E-state index in [1.54, 1.807) is 0 Å². The van der Waals surface area contributed by atoms with Crippen molar-refractivity contribution >= 4 is 23.2 Å². The summed E-state index contributed by atoms with van der Waals surface area (Å²) in [4.78, 5) is 24.2. The SMILES string of the molecule is C=C(CCl)Cn1cc(Cl)c(=O)[nH]c1=O. The van der Waals surface area contributed by atoms with Crippen molar-refractivity contribution in [3.05, 3.63) is 44.2 Å². The number of alkyl halides is 1. The Kier molecular flexibility index (Phi) is 3.55. The molecule has 0 fully saturated rings. The molecule has 0 saturated heterocycles. The first-order chi connectivity index (χ1) is 6.54. The van der Waals surface area contributed by atoms with Gasteiger partial charge in [-0.05, 0) is 5.57 Å². The van der Waals surface area contributed by atoms with Crippen molar-refractivity contribution in [2.75, 3.05) is 5.88 Å². The molecule has 1 aromatic heterocycles. The number of H-pyrrole nitrogens is 1. The molecule has 4 nitrogen and oxygen atoms in total. The number of rotatable bonds is 3. The second-order valence-electron chi connectivity index (χ2n) is 2.75. The molecule has 1 aromatic rings. The third-order valence-electron chi connectivity index (χ3n) is 1.55. The summed E-state index contributed by atoms with van der Waals surface area (Å²) in [5, 5.41) is -0.0352. The molecule has 1 heterocycles. The van der Waals surface area contributed by atoms with Gasteiger partial charge in [0.2, 0.25) is 0 Å². The minimum absolute atomic E-state index is 0.0352. The number of hydrogen-bond acceptors (Lipinski definition) is 2. The quantitative estimate of drug-likeness (QED) is 0.627. The molecule has 0 bridgehead atoms. The zero-order valence-electron chi connectivity index (χ0n) is 7.22. The Morgan fingerprint density at radius 2 is 2.21 bits per heavy atom. The molecule has 1 rings (SSSR count). The van der Waals surface area contributed by atoms with Crippen LogP contribution in [0.1, 0.15) is 0 Å². The molecule has 0 spiro atoms. The fourth-order valence-corrected chi connectivity index (χ4v) is 1.13. The third-order valence-corrected chi connectivity index (χ3v) is 2.20. The van der Waals surface area contributed by atoms with E-state index in [4.69, 9.17) is 23.2 Å². The summed E-state index contributed by atoms with van der Waals surface area (Å²) in [6.45, 7) is 3.88. The van der Waals surface area contributed by atoms with E-state index >= 15 is 0 Å². The lowest BCUT2D eigenvalue weighted by molar-refractivity contribution is 0.713. The van der Waals surface area contributed by atoms with Crippen molar-refractivity contribution in [1.82, 2.24) is 9.55 Å². The van der Waals surface area contributed by atoms with E-state index in [1.165, 1.54) is 10.8 Å². The topological polar surface area (TPSA) is 54.9 Å². The van der Waals surface area contributed by atoms with E-state index in [1.807, 2.05) is 0 Å². The van der Waals surface area contributed by atoms with Gasteiger partial charge in [0.05, 0.1) is 0 Å². The molecule has 0 unspecified atom stereocenters. The van der Waals surface area contributed by atoms with Crippen LogP contribution in [0.2, 0.25) is 5.02 Å². The van der Waals surface area contributed by atoms with E-state index in [-0.39, 0.29) is 17.4 Å². The Morgan fingerprint density at radius 3 is 2.79 bits per heavy atom. The van der Waals surface area contributed by atoms with Crippen LogP contribution in [0.15, 0.2) is 27.9 Å². The molecular weight excluding hydrogens is 227 g/mol. The van der Waals surface area contributed by atoms with Gasteiger partial charge in [-0.25, -0.2) is 4.79 Å². The average molecular weight is 235 g/mol. The van der Waals surface area contributed by atoms with E-state index in [9.17, 15) is 9.59 Å². The zero-order chi connectivity index (χ0) is 10.7. The first kappa shape index (κ1) is 11.1. The normalized spacial score (nSPS) is 10.1. The van der Waals surface area contributed by atoms with Crippen LogP contribution in [-0.4, -0.2) is 15.4 Å². The van der Waals surface area contributed by atoms with E-state index in [0.29, 0.717) is 5.57 Å². The van der Waals surface area contributed by atoms with E-state index < -0.39 is 11.2 Å². The van der Waals surface area contributed by atoms with Crippen molar-refractivity contribution in [2.24, 2.45) is 0 Å². The van der Waals surface area contributed by atoms with Gasteiger partial charge < -0.3 is 0 Å². The molecule has 0 aliphatic rings. The molecule has 76 valence electrons. The fraction of sp³-hybridized carbons (Fsp3) is 0.250. The molecule has 0 saturated carbocycles. The fourth-order valence-electron chi connectivity index (χ4n) is 0.883. The number of hydrogen-bond donors (Lipinski definition) is 1. The van der Waals surface area contributed by atoms with Crippen LogP contribution in [0.5, 0.6) is 0 Å². The van der Waals surface area contributed by atoms with Gasteiger partial charge in [-0.15, -0.1) is 11.6 Å². The van der Waals surface area contributed by atoms with Crippen LogP contribution in [0.3, 0.4) is 0 Å². The van der Waals surface area contributed by atoms with Gasteiger partial charge in [-0.1, -0.05) is 18.2 Å². The monoisotopic (exact) mass is 234 g/mol. The second-order valence-corrected chi connectivity index (χ2v) is 3.42. The highest BCUT2D eigenvalue weighted by Crippen LogP contribution is 2.00. The van der Waals surface area contributed by atoms with Gasteiger partial charge in [0.25, 0.3) is 5.56 Å². The molecule has 0 amide bonds. The zero-order valence-corrected chi connectivity index (χ0v) is 8.73. The number of nitrogens with zero attached hydrogens (tertiary/aromatic N) is 1. The van der Waals surface area contributed by atoms with Gasteiger partial charge in [0, 0.05) is 18.6 Å². The molecule has 1 N–H and O–H groups in total. The average Bonchev–Trinajstić information content (AvgIpc) is 2.14. The number of aromatic nitrogens is 2. The summed E-state index contributed by atoms with van der Waals surface area (Å²) in [5.74, 6) is 0.253. The summed E-state index contributed by atoms with van der Waals surface area (Å²) >= 11 is 11.1. The predicted octanol–water partition coefficient (Wildman–Crippen LogP) is 0.985. The number of allylic oxidation sites excluding steroid dienone is 1. The summed E-state index contributed by atoms with van der Waals surface area (Å²) in [5.41, 5.74) is -0.452. The van der Waals surface area contributed by atoms with Crippen LogP contribution in [0, 0.1) is 0 Å².